The first-order valence-electron chi connectivity index (χ1n) is 6.46. The molecule has 0 aliphatic rings. The maximum absolute atomic E-state index is 11.7. The zero-order chi connectivity index (χ0) is 13.2. The molecule has 0 aliphatic heterocycles. The lowest BCUT2D eigenvalue weighted by molar-refractivity contribution is 0.569. The number of benzene rings is 1. The molecule has 0 unspecified atom stereocenters. The van der Waals surface area contributed by atoms with Gasteiger partial charge in [-0.3, -0.25) is 4.79 Å². The van der Waals surface area contributed by atoms with Gasteiger partial charge in [0.2, 0.25) is 0 Å². The van der Waals surface area contributed by atoms with E-state index in [1.165, 1.54) is 16.6 Å². The molecule has 2 heterocycles. The lowest BCUT2D eigenvalue weighted by atomic mass is 10.2. The van der Waals surface area contributed by atoms with Crippen molar-refractivity contribution in [3.63, 3.8) is 0 Å². The Kier molecular flexibility index (Phi) is 2.95. The Hall–Kier alpha value is -2.29. The van der Waals surface area contributed by atoms with Gasteiger partial charge in [-0.1, -0.05) is 24.3 Å². The van der Waals surface area contributed by atoms with E-state index in [1.54, 1.807) is 16.7 Å². The molecule has 3 rings (SSSR count). The van der Waals surface area contributed by atoms with Gasteiger partial charge >= 0.3 is 0 Å². The molecule has 0 saturated heterocycles. The van der Waals surface area contributed by atoms with Crippen LogP contribution in [-0.4, -0.2) is 9.13 Å². The fourth-order valence-electron chi connectivity index (χ4n) is 2.50. The predicted molar refractivity (Wildman–Crippen MR) is 77.4 cm³/mol. The second-order valence-electron chi connectivity index (χ2n) is 4.73. The summed E-state index contributed by atoms with van der Waals surface area (Å²) < 4.78 is 4.00. The Bertz CT molecular complexity index is 768. The molecule has 3 aromatic rings. The van der Waals surface area contributed by atoms with Gasteiger partial charge in [0.1, 0.15) is 0 Å². The third-order valence-corrected chi connectivity index (χ3v) is 3.48. The molecule has 0 bridgehead atoms. The zero-order valence-corrected chi connectivity index (χ0v) is 10.9. The third kappa shape index (κ3) is 2.19. The lowest BCUT2D eigenvalue weighted by Crippen LogP contribution is -2.20. The van der Waals surface area contributed by atoms with E-state index < -0.39 is 0 Å². The molecule has 0 radical (unpaired) electrons. The summed E-state index contributed by atoms with van der Waals surface area (Å²) >= 11 is 0. The Morgan fingerprint density at radius 1 is 1.00 bits per heavy atom. The first-order chi connectivity index (χ1) is 9.25. The topological polar surface area (TPSA) is 26.9 Å². The lowest BCUT2D eigenvalue weighted by Gasteiger charge is -2.10. The van der Waals surface area contributed by atoms with E-state index in [-0.39, 0.29) is 5.56 Å². The minimum Gasteiger partial charge on any atom is -0.343 e. The van der Waals surface area contributed by atoms with Crippen LogP contribution in [0.3, 0.4) is 0 Å². The van der Waals surface area contributed by atoms with Crippen LogP contribution in [0.2, 0.25) is 0 Å². The Morgan fingerprint density at radius 3 is 2.63 bits per heavy atom. The van der Waals surface area contributed by atoms with Crippen molar-refractivity contribution in [2.75, 3.05) is 0 Å². The van der Waals surface area contributed by atoms with E-state index >= 15 is 0 Å². The number of pyridine rings is 1. The molecule has 0 fully saturated rings. The quantitative estimate of drug-likeness (QED) is 0.704. The highest BCUT2D eigenvalue weighted by Crippen LogP contribution is 2.18. The molecule has 2 aromatic heterocycles. The normalized spacial score (nSPS) is 11.0. The average molecular weight is 252 g/mol. The van der Waals surface area contributed by atoms with E-state index in [1.807, 2.05) is 24.4 Å². The van der Waals surface area contributed by atoms with Gasteiger partial charge in [-0.2, -0.15) is 0 Å². The molecule has 19 heavy (non-hydrogen) atoms. The van der Waals surface area contributed by atoms with Gasteiger partial charge in [0, 0.05) is 36.6 Å². The molecule has 0 saturated carbocycles. The summed E-state index contributed by atoms with van der Waals surface area (Å²) in [5.41, 5.74) is 2.51. The van der Waals surface area contributed by atoms with Gasteiger partial charge in [-0.15, -0.1) is 0 Å². The summed E-state index contributed by atoms with van der Waals surface area (Å²) in [5, 5.41) is 1.25. The van der Waals surface area contributed by atoms with E-state index in [9.17, 15) is 4.79 Å². The third-order valence-electron chi connectivity index (χ3n) is 3.48. The van der Waals surface area contributed by atoms with Gasteiger partial charge in [0.15, 0.2) is 0 Å². The number of para-hydroxylation sites is 1. The molecule has 0 atom stereocenters. The van der Waals surface area contributed by atoms with Crippen LogP contribution in [0.25, 0.3) is 10.9 Å². The summed E-state index contributed by atoms with van der Waals surface area (Å²) in [4.78, 5) is 11.7. The van der Waals surface area contributed by atoms with Crippen LogP contribution in [-0.2, 0) is 13.1 Å². The summed E-state index contributed by atoms with van der Waals surface area (Å²) in [6.45, 7) is 3.61. The molecule has 0 spiro atoms. The fourth-order valence-corrected chi connectivity index (χ4v) is 2.50. The summed E-state index contributed by atoms with van der Waals surface area (Å²) in [6, 6.07) is 15.8. The highest BCUT2D eigenvalue weighted by atomic mass is 16.1. The van der Waals surface area contributed by atoms with E-state index in [4.69, 9.17) is 0 Å². The van der Waals surface area contributed by atoms with Gasteiger partial charge < -0.3 is 9.13 Å². The minimum atomic E-state index is 0.0524. The van der Waals surface area contributed by atoms with E-state index in [0.717, 1.165) is 6.54 Å². The van der Waals surface area contributed by atoms with Crippen molar-refractivity contribution in [3.05, 3.63) is 70.8 Å². The van der Waals surface area contributed by atoms with Crippen molar-refractivity contribution >= 4 is 10.9 Å². The summed E-state index contributed by atoms with van der Waals surface area (Å²) in [6.07, 6.45) is 1.84. The second-order valence-corrected chi connectivity index (χ2v) is 4.73. The van der Waals surface area contributed by atoms with Crippen LogP contribution in [0.15, 0.2) is 59.5 Å². The van der Waals surface area contributed by atoms with Crippen molar-refractivity contribution in [2.24, 2.45) is 0 Å². The van der Waals surface area contributed by atoms with Crippen LogP contribution in [0.4, 0.5) is 0 Å². The number of hydrogen-bond donors (Lipinski definition) is 0. The fraction of sp³-hybridized carbons (Fsp3) is 0.188. The average Bonchev–Trinajstić information content (AvgIpc) is 2.74. The number of aryl methyl sites for hydroxylation is 3. The Balaban J connectivity index is 1.92. The minimum absolute atomic E-state index is 0.0524. The highest BCUT2D eigenvalue weighted by Gasteiger charge is 2.04. The number of aromatic nitrogens is 2. The molecule has 3 nitrogen and oxygen atoms in total. The summed E-state index contributed by atoms with van der Waals surface area (Å²) in [5.74, 6) is 0. The Labute approximate surface area is 111 Å². The molecule has 0 aliphatic carbocycles. The van der Waals surface area contributed by atoms with Crippen LogP contribution >= 0.6 is 0 Å². The molecule has 0 amide bonds. The standard InChI is InChI=1S/C16H16N2O/c1-13-12-14-6-2-3-7-15(14)18(13)11-10-17-9-5-4-8-16(17)19/h2-9,12H,10-11H2,1H3. The zero-order valence-electron chi connectivity index (χ0n) is 10.9. The molecular weight excluding hydrogens is 236 g/mol. The first-order valence-corrected chi connectivity index (χ1v) is 6.46. The van der Waals surface area contributed by atoms with Gasteiger partial charge in [-0.25, -0.2) is 0 Å². The number of fused-ring (bicyclic) bond motifs is 1. The number of nitrogens with zero attached hydrogens (tertiary/aromatic N) is 2. The van der Waals surface area contributed by atoms with Gasteiger partial charge in [-0.05, 0) is 30.5 Å². The van der Waals surface area contributed by atoms with Gasteiger partial charge in [0.05, 0.1) is 0 Å². The smallest absolute Gasteiger partial charge is 0.250 e. The molecule has 3 heteroatoms. The highest BCUT2D eigenvalue weighted by molar-refractivity contribution is 5.81. The molecule has 96 valence electrons. The van der Waals surface area contributed by atoms with Crippen LogP contribution in [0.5, 0.6) is 0 Å². The van der Waals surface area contributed by atoms with Crippen molar-refractivity contribution in [2.45, 2.75) is 20.0 Å². The van der Waals surface area contributed by atoms with Crippen molar-refractivity contribution in [3.8, 4) is 0 Å². The first kappa shape index (κ1) is 11.8. The monoisotopic (exact) mass is 252 g/mol. The number of rotatable bonds is 3. The van der Waals surface area contributed by atoms with Crippen LogP contribution in [0, 0.1) is 6.92 Å². The predicted octanol–water partition coefficient (Wildman–Crippen LogP) is 2.81. The van der Waals surface area contributed by atoms with Crippen molar-refractivity contribution < 1.29 is 0 Å². The van der Waals surface area contributed by atoms with Gasteiger partial charge in [0.25, 0.3) is 5.56 Å². The Morgan fingerprint density at radius 2 is 1.79 bits per heavy atom. The van der Waals surface area contributed by atoms with Crippen molar-refractivity contribution in [1.29, 1.82) is 0 Å². The molecule has 1 aromatic carbocycles. The molecule has 0 N–H and O–H groups in total. The van der Waals surface area contributed by atoms with E-state index in [2.05, 4.69) is 29.7 Å². The van der Waals surface area contributed by atoms with Crippen LogP contribution in [0.1, 0.15) is 5.69 Å². The number of hydrogen-bond acceptors (Lipinski definition) is 1. The second kappa shape index (κ2) is 4.76. The largest absolute Gasteiger partial charge is 0.343 e. The molecular formula is C16H16N2O. The van der Waals surface area contributed by atoms with Crippen LogP contribution < -0.4 is 5.56 Å². The van der Waals surface area contributed by atoms with E-state index in [0.29, 0.717) is 6.54 Å². The van der Waals surface area contributed by atoms with Crippen molar-refractivity contribution in [1.82, 2.24) is 9.13 Å². The summed E-state index contributed by atoms with van der Waals surface area (Å²) in [7, 11) is 0. The maximum Gasteiger partial charge on any atom is 0.250 e. The SMILES string of the molecule is Cc1cc2ccccc2n1CCn1ccccc1=O. The maximum atomic E-state index is 11.7.